The third-order valence-corrected chi connectivity index (χ3v) is 96.4. The maximum Gasteiger partial charge on any atom is 0.124 e. The third kappa shape index (κ3) is 9.83. The number of hydrogen-bond donors (Lipinski definition) is 0. The van der Waals surface area contributed by atoms with Gasteiger partial charge in [0.2, 0.25) is 0 Å². The fourth-order valence-corrected chi connectivity index (χ4v) is 48.7. The molecule has 0 bridgehead atoms. The molecule has 0 spiro atoms. The fourth-order valence-electron chi connectivity index (χ4n) is 8.08. The summed E-state index contributed by atoms with van der Waals surface area (Å²) in [6.07, 6.45) is 0. The number of thiophene rings is 6. The molecular weight excluding hydrogens is 1060 g/mol. The van der Waals surface area contributed by atoms with E-state index in [0.717, 1.165) is 0 Å². The molecule has 0 fully saturated rings. The van der Waals surface area contributed by atoms with Crippen LogP contribution in [0.15, 0.2) is 91.0 Å². The molecule has 6 heterocycles. The van der Waals surface area contributed by atoms with Crippen LogP contribution in [0.1, 0.15) is 0 Å². The summed E-state index contributed by atoms with van der Waals surface area (Å²) in [5.41, 5.74) is 0. The largest absolute Gasteiger partial charge is 0.144 e. The maximum atomic E-state index is 2.72. The van der Waals surface area contributed by atoms with Gasteiger partial charge < -0.3 is 0 Å². The van der Waals surface area contributed by atoms with Crippen LogP contribution in [0.3, 0.4) is 0 Å². The van der Waals surface area contributed by atoms with E-state index in [4.69, 9.17) is 0 Å². The van der Waals surface area contributed by atoms with Crippen LogP contribution < -0.4 is 42.6 Å². The minimum atomic E-state index is -2.10. The van der Waals surface area contributed by atoms with E-state index in [1.165, 1.54) is 29.3 Å². The van der Waals surface area contributed by atoms with E-state index in [9.17, 15) is 0 Å². The predicted octanol–water partition coefficient (Wildman–Crippen LogP) is 13.5. The normalized spacial score (nSPS) is 14.1. The second-order valence-electron chi connectivity index (χ2n) is 25.3. The zero-order valence-electron chi connectivity index (χ0n) is 44.1. The first-order valence-electron chi connectivity index (χ1n) is 23.9. The summed E-state index contributed by atoms with van der Waals surface area (Å²) >= 11 is 12.6. The molecule has 7 aromatic rings. The molecule has 66 heavy (non-hydrogen) atoms. The van der Waals surface area contributed by atoms with Gasteiger partial charge in [-0.3, -0.25) is 0 Å². The first-order valence-corrected chi connectivity index (χ1v) is 60.3. The van der Waals surface area contributed by atoms with Crippen molar-refractivity contribution in [3.8, 4) is 29.3 Å². The van der Waals surface area contributed by atoms with Crippen LogP contribution >= 0.6 is 68.0 Å². The van der Waals surface area contributed by atoms with Crippen LogP contribution in [0.2, 0.25) is 137 Å². The summed E-state index contributed by atoms with van der Waals surface area (Å²) in [5, 5.41) is 4.83. The Morgan fingerprint density at radius 1 is 0.227 bits per heavy atom. The highest BCUT2D eigenvalue weighted by atomic mass is 32.1. The Hall–Kier alpha value is -0.628. The Labute approximate surface area is 433 Å². The maximum absolute atomic E-state index is 2.72. The molecule has 0 saturated heterocycles. The molecule has 0 atom stereocenters. The summed E-state index contributed by atoms with van der Waals surface area (Å²) in [6, 6.07) is 37.9. The zero-order chi connectivity index (χ0) is 49.0. The summed E-state index contributed by atoms with van der Waals surface area (Å²) in [4.78, 5) is 8.78. The van der Waals surface area contributed by atoms with Gasteiger partial charge in [-0.05, 0) is 63.4 Å². The predicted molar refractivity (Wildman–Crippen MR) is 341 cm³/mol. The standard InChI is InChI=1S/C51H78S6Si9/c1-58(2,3)64(16,17)49-31-25-43(55-49)40-22-28-46(52-40)61(10,11)37-34-38(62(12,13)47-29-23-41(53-47)44-26-32-50(56-44)65(18,19)59(4,5)6)36-39(35-37)63(14,15)48-30-24-42(54-48)45-27-33-51(57-45)66(20,21)60(7,8)9/h22-36H,1-21H3. The lowest BCUT2D eigenvalue weighted by Crippen LogP contribution is -2.61. The molecule has 0 unspecified atom stereocenters. The van der Waals surface area contributed by atoms with Crippen LogP contribution in [-0.4, -0.2) is 69.8 Å². The summed E-state index contributed by atoms with van der Waals surface area (Å²) in [7, 11) is -14.4. The molecule has 354 valence electrons. The molecule has 6 aromatic heterocycles. The molecule has 0 N–H and O–H groups in total. The first kappa shape index (κ1) is 53.2. The van der Waals surface area contributed by atoms with E-state index < -0.39 is 69.8 Å². The minimum Gasteiger partial charge on any atom is -0.144 e. The number of hydrogen-bond acceptors (Lipinski definition) is 6. The molecule has 15 heteroatoms. The van der Waals surface area contributed by atoms with Gasteiger partial charge in [-0.1, -0.05) is 208 Å². The van der Waals surface area contributed by atoms with Gasteiger partial charge in [-0.25, -0.2) is 0 Å². The van der Waals surface area contributed by atoms with Gasteiger partial charge in [-0.15, -0.1) is 68.0 Å². The summed E-state index contributed by atoms with van der Waals surface area (Å²) < 4.78 is 9.85. The van der Waals surface area contributed by atoms with Crippen molar-refractivity contribution in [2.24, 2.45) is 0 Å². The average Bonchev–Trinajstić information content (AvgIpc) is 4.05. The van der Waals surface area contributed by atoms with Crippen LogP contribution in [-0.2, 0) is 0 Å². The van der Waals surface area contributed by atoms with Gasteiger partial charge in [0, 0.05) is 52.0 Å². The SMILES string of the molecule is C[Si](C)(c1cc([Si](C)(C)c2ccc(-c3ccc([Si](C)(C)[Si](C)(C)C)s3)s2)cc([Si](C)(C)c2ccc(-c3ccc([Si](C)(C)[Si](C)(C)C)s3)s2)c1)c1ccc(-c2ccc([Si](C)(C)[Si](C)(C)C)s2)s1. The monoisotopic (exact) mass is 1130 g/mol. The van der Waals surface area contributed by atoms with E-state index in [1.807, 2.05) is 0 Å². The smallest absolute Gasteiger partial charge is 0.124 e. The van der Waals surface area contributed by atoms with Gasteiger partial charge in [-0.2, -0.15) is 0 Å². The lowest BCUT2D eigenvalue weighted by atomic mass is 10.3. The van der Waals surface area contributed by atoms with Crippen molar-refractivity contribution in [1.29, 1.82) is 0 Å². The van der Waals surface area contributed by atoms with Gasteiger partial charge in [0.1, 0.15) is 24.2 Å². The number of rotatable bonds is 15. The van der Waals surface area contributed by atoms with Crippen molar-refractivity contribution in [3.63, 3.8) is 0 Å². The van der Waals surface area contributed by atoms with Crippen LogP contribution in [0, 0.1) is 0 Å². The molecule has 0 nitrogen and oxygen atoms in total. The molecule has 0 saturated carbocycles. The van der Waals surface area contributed by atoms with Crippen molar-refractivity contribution in [3.05, 3.63) is 91.0 Å². The van der Waals surface area contributed by atoms with E-state index in [-0.39, 0.29) is 0 Å². The fraction of sp³-hybridized carbons (Fsp3) is 0.412. The Kier molecular flexibility index (Phi) is 14.6. The highest BCUT2D eigenvalue weighted by Gasteiger charge is 2.43. The Morgan fingerprint density at radius 2 is 0.394 bits per heavy atom. The van der Waals surface area contributed by atoms with Gasteiger partial charge in [0.25, 0.3) is 0 Å². The lowest BCUT2D eigenvalue weighted by Gasteiger charge is -2.34. The Morgan fingerprint density at radius 3 is 0.576 bits per heavy atom. The van der Waals surface area contributed by atoms with Gasteiger partial charge in [0.15, 0.2) is 0 Å². The quantitative estimate of drug-likeness (QED) is 0.0898. The lowest BCUT2D eigenvalue weighted by molar-refractivity contribution is 1.71. The second kappa shape index (κ2) is 18.1. The van der Waals surface area contributed by atoms with Crippen LogP contribution in [0.25, 0.3) is 29.3 Å². The molecular formula is C51H78S6Si9. The van der Waals surface area contributed by atoms with Gasteiger partial charge in [0.05, 0.1) is 22.8 Å². The summed E-state index contributed by atoms with van der Waals surface area (Å²) in [6.45, 7) is 54.7. The van der Waals surface area contributed by atoms with Crippen molar-refractivity contribution in [2.45, 2.75) is 137 Å². The Bertz CT molecular complexity index is 2530. The van der Waals surface area contributed by atoms with Crippen molar-refractivity contribution in [2.75, 3.05) is 0 Å². The molecule has 0 aliphatic rings. The molecule has 1 aromatic carbocycles. The molecule has 0 aliphatic heterocycles. The highest BCUT2D eigenvalue weighted by molar-refractivity contribution is 7.54. The molecule has 0 radical (unpaired) electrons. The average molecular weight is 1140 g/mol. The molecule has 0 aliphatic carbocycles. The van der Waals surface area contributed by atoms with Gasteiger partial charge >= 0.3 is 0 Å². The molecule has 0 amide bonds. The van der Waals surface area contributed by atoms with Crippen molar-refractivity contribution in [1.82, 2.24) is 0 Å². The first-order chi connectivity index (χ1) is 30.1. The van der Waals surface area contributed by atoms with E-state index in [2.05, 4.69) is 297 Å². The minimum absolute atomic E-state index is 1.26. The summed E-state index contributed by atoms with van der Waals surface area (Å²) in [5.74, 6) is 0. The van der Waals surface area contributed by atoms with E-state index >= 15 is 0 Å². The molecule has 7 rings (SSSR count). The van der Waals surface area contributed by atoms with Crippen LogP contribution in [0.5, 0.6) is 0 Å². The zero-order valence-corrected chi connectivity index (χ0v) is 58.0. The second-order valence-corrected chi connectivity index (χ2v) is 96.7. The topological polar surface area (TPSA) is 0 Å². The highest BCUT2D eigenvalue weighted by Crippen LogP contribution is 2.35. The van der Waals surface area contributed by atoms with E-state index in [1.54, 1.807) is 42.6 Å². The van der Waals surface area contributed by atoms with Crippen molar-refractivity contribution >= 4 is 180 Å². The third-order valence-electron chi connectivity index (χ3n) is 16.8. The van der Waals surface area contributed by atoms with Crippen molar-refractivity contribution < 1.29 is 0 Å². The number of benzene rings is 1. The Balaban J connectivity index is 1.30. The van der Waals surface area contributed by atoms with Crippen LogP contribution in [0.4, 0.5) is 0 Å². The van der Waals surface area contributed by atoms with E-state index in [0.29, 0.717) is 0 Å².